The first-order valence-electron chi connectivity index (χ1n) is 7.34. The van der Waals surface area contributed by atoms with Gasteiger partial charge in [-0.1, -0.05) is 18.3 Å². The van der Waals surface area contributed by atoms with Crippen LogP contribution in [0.2, 0.25) is 0 Å². The van der Waals surface area contributed by atoms with Crippen molar-refractivity contribution >= 4 is 22.4 Å². The van der Waals surface area contributed by atoms with Crippen molar-refractivity contribution in [2.45, 2.75) is 39.7 Å². The summed E-state index contributed by atoms with van der Waals surface area (Å²) in [5.74, 6) is 0.0917. The molecule has 1 aromatic rings. The summed E-state index contributed by atoms with van der Waals surface area (Å²) in [6.07, 6.45) is 2.10. The highest BCUT2D eigenvalue weighted by Gasteiger charge is 2.21. The Balaban J connectivity index is 2.11. The molecule has 6 heteroatoms. The summed E-state index contributed by atoms with van der Waals surface area (Å²) >= 11 is 1.71. The third kappa shape index (κ3) is 3.70. The zero-order valence-corrected chi connectivity index (χ0v) is 13.3. The monoisotopic (exact) mass is 296 g/mol. The molecule has 0 bridgehead atoms. The lowest BCUT2D eigenvalue weighted by molar-refractivity contribution is -0.119. The van der Waals surface area contributed by atoms with Crippen LogP contribution in [0.1, 0.15) is 43.3 Å². The zero-order valence-electron chi connectivity index (χ0n) is 12.5. The van der Waals surface area contributed by atoms with Crippen molar-refractivity contribution in [3.8, 4) is 0 Å². The molecule has 2 N–H and O–H groups in total. The minimum Gasteiger partial charge on any atom is -0.354 e. The van der Waals surface area contributed by atoms with Crippen LogP contribution in [-0.4, -0.2) is 37.1 Å². The van der Waals surface area contributed by atoms with Gasteiger partial charge in [0, 0.05) is 24.0 Å². The van der Waals surface area contributed by atoms with E-state index in [1.165, 1.54) is 4.88 Å². The zero-order chi connectivity index (χ0) is 14.5. The van der Waals surface area contributed by atoms with Crippen LogP contribution >= 0.6 is 11.3 Å². The number of aromatic nitrogens is 1. The van der Waals surface area contributed by atoms with E-state index in [-0.39, 0.29) is 5.91 Å². The number of aryl methyl sites for hydroxylation is 1. The molecular formula is C14H24N4OS. The van der Waals surface area contributed by atoms with E-state index in [9.17, 15) is 4.79 Å². The second-order valence-corrected chi connectivity index (χ2v) is 6.26. The second kappa shape index (κ2) is 7.04. The van der Waals surface area contributed by atoms with Gasteiger partial charge in [0.2, 0.25) is 5.91 Å². The first kappa shape index (κ1) is 15.3. The van der Waals surface area contributed by atoms with Gasteiger partial charge < -0.3 is 15.5 Å². The summed E-state index contributed by atoms with van der Waals surface area (Å²) in [6.45, 7) is 9.49. The van der Waals surface area contributed by atoms with Gasteiger partial charge in [-0.05, 0) is 33.2 Å². The molecule has 1 saturated heterocycles. The Morgan fingerprint density at radius 2 is 2.35 bits per heavy atom. The Bertz CT molecular complexity index is 460. The van der Waals surface area contributed by atoms with Crippen LogP contribution in [0.4, 0.5) is 5.13 Å². The van der Waals surface area contributed by atoms with Crippen LogP contribution in [0.25, 0.3) is 0 Å². The molecule has 1 atom stereocenters. The largest absolute Gasteiger partial charge is 0.354 e. The SMILES string of the molecule is CCCNC(C)c1sc(N2CCCNC(=O)C2)nc1C. The van der Waals surface area contributed by atoms with Gasteiger partial charge >= 0.3 is 0 Å². The van der Waals surface area contributed by atoms with E-state index in [0.717, 1.165) is 43.3 Å². The lowest BCUT2D eigenvalue weighted by Crippen LogP contribution is -2.32. The van der Waals surface area contributed by atoms with Crippen molar-refractivity contribution in [3.05, 3.63) is 10.6 Å². The molecule has 0 saturated carbocycles. The first-order valence-corrected chi connectivity index (χ1v) is 8.15. The Morgan fingerprint density at radius 3 is 3.10 bits per heavy atom. The van der Waals surface area contributed by atoms with E-state index in [0.29, 0.717) is 12.6 Å². The minimum atomic E-state index is 0.0917. The molecule has 1 unspecified atom stereocenters. The smallest absolute Gasteiger partial charge is 0.239 e. The van der Waals surface area contributed by atoms with Crippen LogP contribution in [0.15, 0.2) is 0 Å². The predicted molar refractivity (Wildman–Crippen MR) is 83.4 cm³/mol. The maximum Gasteiger partial charge on any atom is 0.239 e. The first-order chi connectivity index (χ1) is 9.61. The molecule has 1 aliphatic rings. The average Bonchev–Trinajstić information content (AvgIpc) is 2.67. The summed E-state index contributed by atoms with van der Waals surface area (Å²) in [6, 6.07) is 0.321. The van der Waals surface area contributed by atoms with Crippen molar-refractivity contribution in [2.24, 2.45) is 0 Å². The molecule has 1 aromatic heterocycles. The molecule has 0 aromatic carbocycles. The summed E-state index contributed by atoms with van der Waals surface area (Å²) in [5, 5.41) is 7.37. The van der Waals surface area contributed by atoms with Gasteiger partial charge in [-0.15, -0.1) is 0 Å². The average molecular weight is 296 g/mol. The molecule has 1 aliphatic heterocycles. The van der Waals surface area contributed by atoms with Gasteiger partial charge in [0.15, 0.2) is 5.13 Å². The normalized spacial score (nSPS) is 17.8. The number of nitrogens with zero attached hydrogens (tertiary/aromatic N) is 2. The van der Waals surface area contributed by atoms with Crippen LogP contribution < -0.4 is 15.5 Å². The van der Waals surface area contributed by atoms with Crippen molar-refractivity contribution in [2.75, 3.05) is 31.1 Å². The maximum atomic E-state index is 11.6. The highest BCUT2D eigenvalue weighted by Crippen LogP contribution is 2.31. The molecule has 20 heavy (non-hydrogen) atoms. The van der Waals surface area contributed by atoms with E-state index in [4.69, 9.17) is 0 Å². The fraction of sp³-hybridized carbons (Fsp3) is 0.714. The summed E-state index contributed by atoms with van der Waals surface area (Å²) < 4.78 is 0. The Labute approximate surface area is 124 Å². The Hall–Kier alpha value is -1.14. The molecule has 0 spiro atoms. The van der Waals surface area contributed by atoms with Crippen LogP contribution in [0.5, 0.6) is 0 Å². The number of carbonyl (C=O) groups is 1. The summed E-state index contributed by atoms with van der Waals surface area (Å²) in [4.78, 5) is 19.7. The molecular weight excluding hydrogens is 272 g/mol. The van der Waals surface area contributed by atoms with Gasteiger partial charge in [-0.2, -0.15) is 0 Å². The quantitative estimate of drug-likeness (QED) is 0.870. The third-order valence-corrected chi connectivity index (χ3v) is 4.85. The molecule has 1 amide bonds. The summed E-state index contributed by atoms with van der Waals surface area (Å²) in [7, 11) is 0. The van der Waals surface area contributed by atoms with Crippen LogP contribution in [0, 0.1) is 6.92 Å². The standard InChI is InChI=1S/C14H24N4OS/c1-4-6-15-10(2)13-11(3)17-14(20-13)18-8-5-7-16-12(19)9-18/h10,15H,4-9H2,1-3H3,(H,16,19). The fourth-order valence-electron chi connectivity index (χ4n) is 2.35. The van der Waals surface area contributed by atoms with Crippen molar-refractivity contribution in [1.82, 2.24) is 15.6 Å². The van der Waals surface area contributed by atoms with E-state index in [1.807, 2.05) is 0 Å². The van der Waals surface area contributed by atoms with Crippen LogP contribution in [0.3, 0.4) is 0 Å². The number of hydrogen-bond acceptors (Lipinski definition) is 5. The van der Waals surface area contributed by atoms with Gasteiger partial charge in [-0.25, -0.2) is 4.98 Å². The lowest BCUT2D eigenvalue weighted by atomic mass is 10.2. The Kier molecular flexibility index (Phi) is 5.37. The molecule has 0 radical (unpaired) electrons. The number of anilines is 1. The van der Waals surface area contributed by atoms with E-state index >= 15 is 0 Å². The van der Waals surface area contributed by atoms with Crippen molar-refractivity contribution in [1.29, 1.82) is 0 Å². The van der Waals surface area contributed by atoms with Gasteiger partial charge in [0.25, 0.3) is 0 Å². The molecule has 1 fully saturated rings. The van der Waals surface area contributed by atoms with Gasteiger partial charge in [0.05, 0.1) is 12.2 Å². The summed E-state index contributed by atoms with van der Waals surface area (Å²) in [5.41, 5.74) is 1.07. The second-order valence-electron chi connectivity index (χ2n) is 5.25. The highest BCUT2D eigenvalue weighted by molar-refractivity contribution is 7.15. The van der Waals surface area contributed by atoms with E-state index in [2.05, 4.69) is 41.3 Å². The van der Waals surface area contributed by atoms with Crippen LogP contribution in [-0.2, 0) is 4.79 Å². The highest BCUT2D eigenvalue weighted by atomic mass is 32.1. The number of rotatable bonds is 5. The Morgan fingerprint density at radius 1 is 1.55 bits per heavy atom. The van der Waals surface area contributed by atoms with E-state index in [1.54, 1.807) is 11.3 Å². The predicted octanol–water partition coefficient (Wildman–Crippen LogP) is 1.84. The van der Waals surface area contributed by atoms with Gasteiger partial charge in [-0.3, -0.25) is 4.79 Å². The number of nitrogens with one attached hydrogen (secondary N) is 2. The number of amides is 1. The van der Waals surface area contributed by atoms with Crippen molar-refractivity contribution in [3.63, 3.8) is 0 Å². The fourth-order valence-corrected chi connectivity index (χ4v) is 3.47. The van der Waals surface area contributed by atoms with E-state index < -0.39 is 0 Å². The third-order valence-electron chi connectivity index (χ3n) is 3.45. The van der Waals surface area contributed by atoms with Crippen molar-refractivity contribution < 1.29 is 4.79 Å². The molecule has 2 rings (SSSR count). The number of hydrogen-bond donors (Lipinski definition) is 2. The molecule has 5 nitrogen and oxygen atoms in total. The van der Waals surface area contributed by atoms with Gasteiger partial charge in [0.1, 0.15) is 0 Å². The minimum absolute atomic E-state index is 0.0917. The number of thiazole rings is 1. The molecule has 112 valence electrons. The lowest BCUT2D eigenvalue weighted by Gasteiger charge is -2.17. The number of carbonyl (C=O) groups excluding carboxylic acids is 1. The maximum absolute atomic E-state index is 11.6. The molecule has 0 aliphatic carbocycles. The molecule has 2 heterocycles. The topological polar surface area (TPSA) is 57.3 Å².